The third-order valence-corrected chi connectivity index (χ3v) is 5.81. The Labute approximate surface area is 185 Å². The third kappa shape index (κ3) is 5.76. The van der Waals surface area contributed by atoms with Crippen LogP contribution in [0.15, 0.2) is 29.4 Å². The minimum Gasteiger partial charge on any atom is -0.366 e. The van der Waals surface area contributed by atoms with Gasteiger partial charge in [0.1, 0.15) is 11.6 Å². The summed E-state index contributed by atoms with van der Waals surface area (Å²) in [4.78, 5) is 14.1. The predicted octanol–water partition coefficient (Wildman–Crippen LogP) is 3.54. The molecule has 3 rings (SSSR count). The van der Waals surface area contributed by atoms with E-state index in [4.69, 9.17) is 0 Å². The largest absolute Gasteiger partial charge is 0.366 e. The van der Waals surface area contributed by atoms with Crippen LogP contribution >= 0.6 is 35.3 Å². The van der Waals surface area contributed by atoms with Crippen LogP contribution in [0.4, 0.5) is 14.5 Å². The van der Waals surface area contributed by atoms with E-state index in [1.165, 1.54) is 17.0 Å². The lowest BCUT2D eigenvalue weighted by molar-refractivity contribution is 0.371. The van der Waals surface area contributed by atoms with Crippen molar-refractivity contribution in [1.29, 1.82) is 0 Å². The smallest absolute Gasteiger partial charge is 0.193 e. The molecule has 0 radical (unpaired) electrons. The number of thiazole rings is 1. The molecule has 9 heteroatoms. The number of nitrogens with one attached hydrogen (secondary N) is 1. The van der Waals surface area contributed by atoms with Gasteiger partial charge < -0.3 is 15.1 Å². The molecule has 1 N–H and O–H groups in total. The quantitative estimate of drug-likeness (QED) is 0.372. The number of nitrogens with zero attached hydrogens (tertiary/aromatic N) is 4. The average Bonchev–Trinajstić information content (AvgIpc) is 3.15. The van der Waals surface area contributed by atoms with E-state index in [0.717, 1.165) is 36.4 Å². The Morgan fingerprint density at radius 2 is 2.00 bits per heavy atom. The van der Waals surface area contributed by atoms with Crippen molar-refractivity contribution in [2.75, 3.05) is 44.7 Å². The minimum absolute atomic E-state index is 0. The molecule has 0 atom stereocenters. The number of aromatic nitrogens is 1. The molecule has 1 aliphatic rings. The molecule has 0 aliphatic carbocycles. The van der Waals surface area contributed by atoms with Crippen molar-refractivity contribution < 1.29 is 8.78 Å². The first-order chi connectivity index (χ1) is 13.1. The van der Waals surface area contributed by atoms with Gasteiger partial charge >= 0.3 is 0 Å². The number of aliphatic imine (C=N–C) groups is 1. The number of rotatable bonds is 5. The Hall–Kier alpha value is -1.49. The van der Waals surface area contributed by atoms with Crippen LogP contribution in [-0.4, -0.2) is 55.6 Å². The molecule has 1 fully saturated rings. The number of halogens is 3. The summed E-state index contributed by atoms with van der Waals surface area (Å²) in [6.45, 7) is 5.54. The highest BCUT2D eigenvalue weighted by Gasteiger charge is 2.22. The number of hydrogen-bond donors (Lipinski definition) is 1. The molecule has 0 bridgehead atoms. The molecule has 0 amide bonds. The second-order valence-corrected chi connectivity index (χ2v) is 7.57. The Morgan fingerprint density at radius 3 is 2.64 bits per heavy atom. The second-order valence-electron chi connectivity index (χ2n) is 6.37. The Bertz CT molecular complexity index is 790. The topological polar surface area (TPSA) is 43.8 Å². The molecule has 154 valence electrons. The monoisotopic (exact) mass is 521 g/mol. The maximum absolute atomic E-state index is 14.0. The summed E-state index contributed by atoms with van der Waals surface area (Å²) in [5.74, 6) is 0.0311. The van der Waals surface area contributed by atoms with Crippen LogP contribution in [0.25, 0.3) is 0 Å². The van der Waals surface area contributed by atoms with Crippen molar-refractivity contribution in [2.24, 2.45) is 4.99 Å². The van der Waals surface area contributed by atoms with E-state index in [1.54, 1.807) is 18.4 Å². The molecular formula is C19H26F2IN5S. The molecule has 5 nitrogen and oxygen atoms in total. The van der Waals surface area contributed by atoms with E-state index >= 15 is 0 Å². The van der Waals surface area contributed by atoms with E-state index in [1.807, 2.05) is 11.1 Å². The number of benzene rings is 1. The van der Waals surface area contributed by atoms with E-state index in [9.17, 15) is 8.78 Å². The minimum atomic E-state index is -0.417. The Morgan fingerprint density at radius 1 is 1.25 bits per heavy atom. The van der Waals surface area contributed by atoms with Gasteiger partial charge in [0, 0.05) is 63.3 Å². The normalized spacial score (nSPS) is 14.8. The summed E-state index contributed by atoms with van der Waals surface area (Å²) in [7, 11) is 1.76. The summed E-state index contributed by atoms with van der Waals surface area (Å²) >= 11 is 1.75. The Kier molecular flexibility index (Phi) is 8.87. The zero-order valence-electron chi connectivity index (χ0n) is 16.1. The summed E-state index contributed by atoms with van der Waals surface area (Å²) in [5.41, 5.74) is 0.327. The fourth-order valence-corrected chi connectivity index (χ4v) is 3.99. The first-order valence-electron chi connectivity index (χ1n) is 9.20. The van der Waals surface area contributed by atoms with Gasteiger partial charge in [-0.25, -0.2) is 13.8 Å². The maximum Gasteiger partial charge on any atom is 0.193 e. The maximum atomic E-state index is 14.0. The van der Waals surface area contributed by atoms with E-state index in [-0.39, 0.29) is 29.8 Å². The molecule has 2 aromatic rings. The molecule has 1 aromatic carbocycles. The lowest BCUT2D eigenvalue weighted by Crippen LogP contribution is -2.53. The molecule has 0 spiro atoms. The first kappa shape index (κ1) is 22.8. The lowest BCUT2D eigenvalue weighted by atomic mass is 10.2. The fourth-order valence-electron chi connectivity index (χ4n) is 3.13. The van der Waals surface area contributed by atoms with Gasteiger partial charge in [0.2, 0.25) is 0 Å². The van der Waals surface area contributed by atoms with Crippen LogP contribution in [-0.2, 0) is 12.8 Å². The van der Waals surface area contributed by atoms with Gasteiger partial charge in [-0.2, -0.15) is 0 Å². The average molecular weight is 521 g/mol. The molecule has 2 heterocycles. The molecule has 1 aromatic heterocycles. The first-order valence-corrected chi connectivity index (χ1v) is 10.0. The van der Waals surface area contributed by atoms with Gasteiger partial charge in [-0.15, -0.1) is 35.3 Å². The summed E-state index contributed by atoms with van der Waals surface area (Å²) in [5, 5.41) is 4.51. The van der Waals surface area contributed by atoms with Crippen molar-refractivity contribution in [3.63, 3.8) is 0 Å². The molecule has 28 heavy (non-hydrogen) atoms. The number of anilines is 1. The highest BCUT2D eigenvalue weighted by atomic mass is 127. The van der Waals surface area contributed by atoms with Gasteiger partial charge in [-0.3, -0.25) is 4.99 Å². The van der Waals surface area contributed by atoms with Crippen molar-refractivity contribution in [3.05, 3.63) is 45.9 Å². The summed E-state index contributed by atoms with van der Waals surface area (Å²) in [6, 6.07) is 3.59. The third-order valence-electron chi connectivity index (χ3n) is 4.61. The zero-order chi connectivity index (χ0) is 19.2. The molecule has 1 saturated heterocycles. The van der Waals surface area contributed by atoms with Crippen LogP contribution in [0, 0.1) is 11.6 Å². The van der Waals surface area contributed by atoms with Gasteiger partial charge in [-0.05, 0) is 18.6 Å². The second kappa shape index (κ2) is 10.9. The van der Waals surface area contributed by atoms with Crippen molar-refractivity contribution in [2.45, 2.75) is 19.8 Å². The highest BCUT2D eigenvalue weighted by molar-refractivity contribution is 14.0. The standard InChI is InChI=1S/C19H25F2N5S.HI/c1-3-15-13-24-18(27-15)6-7-23-19(22-2)26-10-8-25(9-11-26)17-12-14(20)4-5-16(17)21;/h4-5,12-13H,3,6-11H2,1-2H3,(H,22,23);1H. The molecule has 1 aliphatic heterocycles. The van der Waals surface area contributed by atoms with Crippen molar-refractivity contribution >= 4 is 47.0 Å². The van der Waals surface area contributed by atoms with Crippen LogP contribution in [0.3, 0.4) is 0 Å². The van der Waals surface area contributed by atoms with Crippen LogP contribution in [0.1, 0.15) is 16.8 Å². The lowest BCUT2D eigenvalue weighted by Gasteiger charge is -2.37. The van der Waals surface area contributed by atoms with Crippen molar-refractivity contribution in [3.8, 4) is 0 Å². The highest BCUT2D eigenvalue weighted by Crippen LogP contribution is 2.22. The SMILES string of the molecule is CCc1cnc(CCNC(=NC)N2CCN(c3cc(F)ccc3F)CC2)s1.I. The number of hydrogen-bond acceptors (Lipinski definition) is 4. The number of guanidine groups is 1. The zero-order valence-corrected chi connectivity index (χ0v) is 19.3. The van der Waals surface area contributed by atoms with Gasteiger partial charge in [-0.1, -0.05) is 6.92 Å². The van der Waals surface area contributed by atoms with E-state index in [0.29, 0.717) is 31.9 Å². The van der Waals surface area contributed by atoms with E-state index in [2.05, 4.69) is 27.1 Å². The Balaban J connectivity index is 0.00000280. The van der Waals surface area contributed by atoms with Gasteiger partial charge in [0.25, 0.3) is 0 Å². The molecular weight excluding hydrogens is 495 g/mol. The van der Waals surface area contributed by atoms with Gasteiger partial charge in [0.05, 0.1) is 10.7 Å². The van der Waals surface area contributed by atoms with Gasteiger partial charge in [0.15, 0.2) is 5.96 Å². The molecule has 0 unspecified atom stereocenters. The summed E-state index contributed by atoms with van der Waals surface area (Å²) < 4.78 is 27.4. The summed E-state index contributed by atoms with van der Waals surface area (Å²) in [6.07, 6.45) is 3.82. The van der Waals surface area contributed by atoms with Crippen LogP contribution in [0.5, 0.6) is 0 Å². The predicted molar refractivity (Wildman–Crippen MR) is 122 cm³/mol. The fraction of sp³-hybridized carbons (Fsp3) is 0.474. The van der Waals surface area contributed by atoms with Crippen LogP contribution in [0.2, 0.25) is 0 Å². The number of aryl methyl sites for hydroxylation is 1. The van der Waals surface area contributed by atoms with E-state index < -0.39 is 5.82 Å². The van der Waals surface area contributed by atoms with Crippen molar-refractivity contribution in [1.82, 2.24) is 15.2 Å². The number of piperazine rings is 1. The van der Waals surface area contributed by atoms with Crippen LogP contribution < -0.4 is 10.2 Å². The molecule has 0 saturated carbocycles.